The number of rotatable bonds is 6. The maximum atomic E-state index is 2.48. The van der Waals surface area contributed by atoms with Crippen molar-refractivity contribution < 1.29 is 0 Å². The van der Waals surface area contributed by atoms with E-state index in [0.717, 1.165) is 17.1 Å². The Kier molecular flexibility index (Phi) is 7.72. The number of nitrogens with zero attached hydrogens (tertiary/aromatic N) is 1. The summed E-state index contributed by atoms with van der Waals surface area (Å²) < 4.78 is 0. The topological polar surface area (TPSA) is 3.24 Å². The Morgan fingerprint density at radius 1 is 0.347 bits per heavy atom. The molecule has 0 heterocycles. The molecule has 8 rings (SSSR count). The van der Waals surface area contributed by atoms with Crippen LogP contribution in [0.25, 0.3) is 44.2 Å². The third kappa shape index (κ3) is 5.95. The second-order valence-electron chi connectivity index (χ2n) is 14.9. The van der Waals surface area contributed by atoms with E-state index in [-0.39, 0.29) is 10.8 Å². The molecule has 0 atom stereocenters. The number of hydrogen-bond donors (Lipinski definition) is 0. The highest BCUT2D eigenvalue weighted by Gasteiger charge is 2.37. The molecule has 240 valence electrons. The van der Waals surface area contributed by atoms with Gasteiger partial charge in [0.2, 0.25) is 0 Å². The third-order valence-corrected chi connectivity index (χ3v) is 10.7. The molecule has 0 saturated heterocycles. The minimum atomic E-state index is 0.182. The molecule has 0 radical (unpaired) electrons. The lowest BCUT2D eigenvalue weighted by atomic mass is 9.63. The molecule has 0 N–H and O–H groups in total. The van der Waals surface area contributed by atoms with Crippen molar-refractivity contribution in [3.63, 3.8) is 0 Å². The van der Waals surface area contributed by atoms with Gasteiger partial charge in [-0.15, -0.1) is 0 Å². The SMILES string of the molecule is CC1(C)CCC(C)(C)c2cc3cc(-c4cccc(N(c5ccc(-c6ccccc6)cc5)c5ccc(-c6ccccc6)cc5)c4)ccc3cc21. The van der Waals surface area contributed by atoms with Gasteiger partial charge in [-0.2, -0.15) is 0 Å². The quantitative estimate of drug-likeness (QED) is 0.176. The van der Waals surface area contributed by atoms with E-state index in [2.05, 4.69) is 196 Å². The minimum absolute atomic E-state index is 0.182. The van der Waals surface area contributed by atoms with E-state index in [9.17, 15) is 0 Å². The zero-order valence-electron chi connectivity index (χ0n) is 28.9. The monoisotopic (exact) mass is 633 g/mol. The smallest absolute Gasteiger partial charge is 0.0467 e. The molecule has 0 bridgehead atoms. The van der Waals surface area contributed by atoms with Gasteiger partial charge in [-0.25, -0.2) is 0 Å². The molecule has 0 aliphatic heterocycles. The lowest BCUT2D eigenvalue weighted by Crippen LogP contribution is -2.33. The summed E-state index contributed by atoms with van der Waals surface area (Å²) in [6, 6.07) is 60.0. The van der Waals surface area contributed by atoms with Gasteiger partial charge in [0, 0.05) is 17.1 Å². The van der Waals surface area contributed by atoms with Crippen LogP contribution in [0, 0.1) is 0 Å². The van der Waals surface area contributed by atoms with E-state index < -0.39 is 0 Å². The highest BCUT2D eigenvalue weighted by molar-refractivity contribution is 5.90. The fraction of sp³-hybridized carbons (Fsp3) is 0.167. The maximum absolute atomic E-state index is 2.48. The van der Waals surface area contributed by atoms with Crippen LogP contribution in [-0.2, 0) is 10.8 Å². The zero-order valence-corrected chi connectivity index (χ0v) is 28.9. The Hall–Kier alpha value is -5.40. The Labute approximate surface area is 291 Å². The molecule has 1 aliphatic rings. The summed E-state index contributed by atoms with van der Waals surface area (Å²) >= 11 is 0. The van der Waals surface area contributed by atoms with E-state index in [1.54, 1.807) is 0 Å². The van der Waals surface area contributed by atoms with Gasteiger partial charge in [-0.05, 0) is 121 Å². The normalized spacial score (nSPS) is 14.7. The van der Waals surface area contributed by atoms with E-state index in [1.165, 1.54) is 68.1 Å². The van der Waals surface area contributed by atoms with Gasteiger partial charge >= 0.3 is 0 Å². The molecule has 1 heteroatoms. The Morgan fingerprint density at radius 3 is 1.31 bits per heavy atom. The van der Waals surface area contributed by atoms with Crippen molar-refractivity contribution in [1.82, 2.24) is 0 Å². The molecule has 0 saturated carbocycles. The van der Waals surface area contributed by atoms with Crippen molar-refractivity contribution >= 4 is 27.8 Å². The van der Waals surface area contributed by atoms with Crippen molar-refractivity contribution in [2.75, 3.05) is 4.90 Å². The molecule has 7 aromatic carbocycles. The van der Waals surface area contributed by atoms with Gasteiger partial charge in [-0.3, -0.25) is 0 Å². The van der Waals surface area contributed by atoms with Crippen LogP contribution in [0.2, 0.25) is 0 Å². The second-order valence-corrected chi connectivity index (χ2v) is 14.9. The fourth-order valence-electron chi connectivity index (χ4n) is 7.63. The van der Waals surface area contributed by atoms with Crippen LogP contribution in [0.5, 0.6) is 0 Å². The average Bonchev–Trinajstić information content (AvgIpc) is 3.14. The first-order valence-electron chi connectivity index (χ1n) is 17.6. The average molecular weight is 634 g/mol. The Balaban J connectivity index is 1.20. The molecule has 49 heavy (non-hydrogen) atoms. The summed E-state index contributed by atoms with van der Waals surface area (Å²) in [6.07, 6.45) is 2.44. The van der Waals surface area contributed by atoms with E-state index >= 15 is 0 Å². The lowest BCUT2D eigenvalue weighted by Gasteiger charge is -2.42. The van der Waals surface area contributed by atoms with E-state index in [4.69, 9.17) is 0 Å². The van der Waals surface area contributed by atoms with Gasteiger partial charge < -0.3 is 4.90 Å². The first kappa shape index (κ1) is 30.9. The number of benzene rings is 7. The molecular weight excluding hydrogens is 591 g/mol. The Morgan fingerprint density at radius 2 is 0.776 bits per heavy atom. The van der Waals surface area contributed by atoms with Crippen molar-refractivity contribution in [3.05, 3.63) is 175 Å². The van der Waals surface area contributed by atoms with Gasteiger partial charge in [0.15, 0.2) is 0 Å². The number of anilines is 3. The summed E-state index contributed by atoms with van der Waals surface area (Å²) in [5.41, 5.74) is 14.1. The highest BCUT2D eigenvalue weighted by Crippen LogP contribution is 2.47. The van der Waals surface area contributed by atoms with Gasteiger partial charge in [0.25, 0.3) is 0 Å². The third-order valence-electron chi connectivity index (χ3n) is 10.7. The molecular formula is C48H43N. The summed E-state index contributed by atoms with van der Waals surface area (Å²) in [7, 11) is 0. The number of fused-ring (bicyclic) bond motifs is 2. The van der Waals surface area contributed by atoms with E-state index in [0.29, 0.717) is 0 Å². The highest BCUT2D eigenvalue weighted by atomic mass is 15.1. The molecule has 7 aromatic rings. The maximum Gasteiger partial charge on any atom is 0.0467 e. The largest absolute Gasteiger partial charge is 0.310 e. The second kappa shape index (κ2) is 12.2. The predicted molar refractivity (Wildman–Crippen MR) is 210 cm³/mol. The van der Waals surface area contributed by atoms with Crippen LogP contribution >= 0.6 is 0 Å². The lowest BCUT2D eigenvalue weighted by molar-refractivity contribution is 0.332. The van der Waals surface area contributed by atoms with E-state index in [1.807, 2.05) is 0 Å². The molecule has 1 aliphatic carbocycles. The fourth-order valence-corrected chi connectivity index (χ4v) is 7.63. The summed E-state index contributed by atoms with van der Waals surface area (Å²) in [4.78, 5) is 2.37. The minimum Gasteiger partial charge on any atom is -0.310 e. The van der Waals surface area contributed by atoms with Crippen molar-refractivity contribution in [1.29, 1.82) is 0 Å². The van der Waals surface area contributed by atoms with Crippen LogP contribution in [0.3, 0.4) is 0 Å². The molecule has 0 spiro atoms. The van der Waals surface area contributed by atoms with Crippen LogP contribution in [0.4, 0.5) is 17.1 Å². The summed E-state index contributed by atoms with van der Waals surface area (Å²) in [6.45, 7) is 9.63. The van der Waals surface area contributed by atoms with Gasteiger partial charge in [0.05, 0.1) is 0 Å². The Bertz CT molecular complexity index is 2160. The molecule has 0 aromatic heterocycles. The first-order valence-corrected chi connectivity index (χ1v) is 17.6. The van der Waals surface area contributed by atoms with Crippen LogP contribution in [0.15, 0.2) is 164 Å². The van der Waals surface area contributed by atoms with Crippen LogP contribution < -0.4 is 4.90 Å². The van der Waals surface area contributed by atoms with Crippen molar-refractivity contribution in [2.24, 2.45) is 0 Å². The number of hydrogen-bond acceptors (Lipinski definition) is 1. The van der Waals surface area contributed by atoms with Crippen LogP contribution in [-0.4, -0.2) is 0 Å². The summed E-state index contributed by atoms with van der Waals surface area (Å²) in [5.74, 6) is 0. The van der Waals surface area contributed by atoms with Crippen molar-refractivity contribution in [2.45, 2.75) is 51.4 Å². The predicted octanol–water partition coefficient (Wildman–Crippen LogP) is 13.7. The zero-order chi connectivity index (χ0) is 33.6. The molecule has 0 fully saturated rings. The molecule has 1 nitrogen and oxygen atoms in total. The molecule has 0 unspecified atom stereocenters. The van der Waals surface area contributed by atoms with Gasteiger partial charge in [-0.1, -0.05) is 149 Å². The molecule has 0 amide bonds. The van der Waals surface area contributed by atoms with Crippen molar-refractivity contribution in [3.8, 4) is 33.4 Å². The van der Waals surface area contributed by atoms with Crippen LogP contribution in [0.1, 0.15) is 51.7 Å². The van der Waals surface area contributed by atoms with Gasteiger partial charge in [0.1, 0.15) is 0 Å². The summed E-state index contributed by atoms with van der Waals surface area (Å²) in [5, 5.41) is 2.64. The first-order chi connectivity index (χ1) is 23.7. The standard InChI is InChI=1S/C48H43N/c1-47(2)28-29-48(3,4)46-33-41-30-39(18-19-40(41)32-45(46)47)38-16-11-17-44(31-38)49(42-24-20-36(21-25-42)34-12-7-5-8-13-34)43-26-22-37(23-27-43)35-14-9-6-10-15-35/h5-27,30-33H,28-29H2,1-4H3.